The zero-order chi connectivity index (χ0) is 12.0. The molecule has 0 radical (unpaired) electrons. The molecule has 0 fully saturated rings. The molecular weight excluding hydrogens is 206 g/mol. The van der Waals surface area contributed by atoms with Crippen molar-refractivity contribution >= 4 is 5.84 Å². The van der Waals surface area contributed by atoms with Crippen molar-refractivity contribution in [1.82, 2.24) is 14.7 Å². The Balaban J connectivity index is 2.57. The average molecular weight is 225 g/mol. The zero-order valence-electron chi connectivity index (χ0n) is 9.80. The summed E-state index contributed by atoms with van der Waals surface area (Å²) >= 11 is 0. The Labute approximate surface area is 95.3 Å². The lowest BCUT2D eigenvalue weighted by Crippen LogP contribution is -2.34. The Kier molecular flexibility index (Phi) is 4.78. The van der Waals surface area contributed by atoms with Crippen molar-refractivity contribution in [1.29, 1.82) is 0 Å². The minimum atomic E-state index is 0.234. The first-order valence-electron chi connectivity index (χ1n) is 5.32. The summed E-state index contributed by atoms with van der Waals surface area (Å²) in [5.41, 5.74) is 6.63. The van der Waals surface area contributed by atoms with Gasteiger partial charge >= 0.3 is 0 Å². The van der Waals surface area contributed by atoms with Gasteiger partial charge in [0.15, 0.2) is 5.84 Å². The second-order valence-electron chi connectivity index (χ2n) is 3.82. The lowest BCUT2D eigenvalue weighted by Gasteiger charge is -2.19. The molecule has 3 N–H and O–H groups in total. The van der Waals surface area contributed by atoms with Crippen molar-refractivity contribution in [3.05, 3.63) is 18.0 Å². The minimum Gasteiger partial charge on any atom is -0.409 e. The predicted molar refractivity (Wildman–Crippen MR) is 62.2 cm³/mol. The highest BCUT2D eigenvalue weighted by molar-refractivity contribution is 5.81. The molecule has 1 aromatic rings. The summed E-state index contributed by atoms with van der Waals surface area (Å²) in [4.78, 5) is 2.12. The first-order chi connectivity index (χ1) is 7.65. The van der Waals surface area contributed by atoms with E-state index in [1.165, 1.54) is 0 Å². The molecule has 6 heteroatoms. The smallest absolute Gasteiger partial charge is 0.153 e. The Morgan fingerprint density at radius 3 is 2.94 bits per heavy atom. The quantitative estimate of drug-likeness (QED) is 0.317. The number of hydrogen-bond donors (Lipinski definition) is 2. The summed E-state index contributed by atoms with van der Waals surface area (Å²) in [6.07, 6.45) is 4.82. The van der Waals surface area contributed by atoms with Gasteiger partial charge in [-0.15, -0.1) is 0 Å². The normalized spacial score (nSPS) is 12.3. The third kappa shape index (κ3) is 3.90. The molecular formula is C10H19N5O. The van der Waals surface area contributed by atoms with E-state index in [0.29, 0.717) is 6.54 Å². The molecule has 0 saturated carbocycles. The third-order valence-corrected chi connectivity index (χ3v) is 2.22. The van der Waals surface area contributed by atoms with Crippen LogP contribution >= 0.6 is 0 Å². The van der Waals surface area contributed by atoms with Crippen LogP contribution in [0.15, 0.2) is 17.5 Å². The zero-order valence-corrected chi connectivity index (χ0v) is 9.80. The van der Waals surface area contributed by atoms with Crippen molar-refractivity contribution in [2.45, 2.75) is 19.9 Å². The van der Waals surface area contributed by atoms with Crippen LogP contribution in [-0.4, -0.2) is 38.8 Å². The van der Waals surface area contributed by atoms with E-state index in [2.05, 4.69) is 22.1 Å². The van der Waals surface area contributed by atoms with Crippen molar-refractivity contribution < 1.29 is 5.21 Å². The van der Waals surface area contributed by atoms with Crippen LogP contribution in [0.5, 0.6) is 0 Å². The summed E-state index contributed by atoms with van der Waals surface area (Å²) in [5.74, 6) is 0.234. The van der Waals surface area contributed by atoms with Gasteiger partial charge < -0.3 is 10.9 Å². The first-order valence-corrected chi connectivity index (χ1v) is 5.32. The van der Waals surface area contributed by atoms with Crippen molar-refractivity contribution in [3.8, 4) is 0 Å². The average Bonchev–Trinajstić information content (AvgIpc) is 2.64. The molecule has 0 aliphatic rings. The Hall–Kier alpha value is -1.56. The van der Waals surface area contributed by atoms with Gasteiger partial charge in [-0.3, -0.25) is 9.58 Å². The van der Waals surface area contributed by atoms with Gasteiger partial charge in [0.1, 0.15) is 0 Å². The van der Waals surface area contributed by atoms with Crippen LogP contribution in [0.1, 0.15) is 18.9 Å². The van der Waals surface area contributed by atoms with Crippen LogP contribution in [0.3, 0.4) is 0 Å². The fourth-order valence-electron chi connectivity index (χ4n) is 1.60. The molecule has 0 spiro atoms. The van der Waals surface area contributed by atoms with Gasteiger partial charge in [0.05, 0.1) is 12.7 Å². The van der Waals surface area contributed by atoms with E-state index >= 15 is 0 Å². The molecule has 0 amide bonds. The highest BCUT2D eigenvalue weighted by Crippen LogP contribution is 2.03. The maximum absolute atomic E-state index is 8.54. The SMILES string of the molecule is CCCN(CC(N)=NO)Cc1cnn(C)c1. The van der Waals surface area contributed by atoms with Crippen LogP contribution in [0, 0.1) is 0 Å². The van der Waals surface area contributed by atoms with Crippen LogP contribution in [0.4, 0.5) is 0 Å². The highest BCUT2D eigenvalue weighted by atomic mass is 16.4. The maximum atomic E-state index is 8.54. The molecule has 0 atom stereocenters. The Morgan fingerprint density at radius 2 is 2.44 bits per heavy atom. The van der Waals surface area contributed by atoms with Gasteiger partial charge in [0.25, 0.3) is 0 Å². The molecule has 0 aliphatic heterocycles. The number of nitrogens with zero attached hydrogens (tertiary/aromatic N) is 4. The number of hydrogen-bond acceptors (Lipinski definition) is 4. The summed E-state index contributed by atoms with van der Waals surface area (Å²) in [6, 6.07) is 0. The van der Waals surface area contributed by atoms with Gasteiger partial charge in [-0.2, -0.15) is 5.10 Å². The van der Waals surface area contributed by atoms with Gasteiger partial charge in [-0.05, 0) is 13.0 Å². The van der Waals surface area contributed by atoms with Crippen molar-refractivity contribution in [2.24, 2.45) is 17.9 Å². The summed E-state index contributed by atoms with van der Waals surface area (Å²) in [7, 11) is 1.89. The Bertz CT molecular complexity index is 347. The molecule has 1 aromatic heterocycles. The van der Waals surface area contributed by atoms with Gasteiger partial charge in [-0.1, -0.05) is 12.1 Å². The molecule has 0 aliphatic carbocycles. The van der Waals surface area contributed by atoms with E-state index in [4.69, 9.17) is 10.9 Å². The number of nitrogens with two attached hydrogens (primary N) is 1. The lowest BCUT2D eigenvalue weighted by atomic mass is 10.3. The highest BCUT2D eigenvalue weighted by Gasteiger charge is 2.08. The molecule has 16 heavy (non-hydrogen) atoms. The van der Waals surface area contributed by atoms with Gasteiger partial charge in [-0.25, -0.2) is 0 Å². The molecule has 0 unspecified atom stereocenters. The van der Waals surface area contributed by atoms with Crippen molar-refractivity contribution in [3.63, 3.8) is 0 Å². The van der Waals surface area contributed by atoms with Gasteiger partial charge in [0, 0.05) is 25.4 Å². The van der Waals surface area contributed by atoms with Crippen LogP contribution in [-0.2, 0) is 13.6 Å². The summed E-state index contributed by atoms with van der Waals surface area (Å²) in [5, 5.41) is 15.6. The standard InChI is InChI=1S/C10H19N5O/c1-3-4-15(8-10(11)13-16)7-9-5-12-14(2)6-9/h5-6,16H,3-4,7-8H2,1-2H3,(H2,11,13). The monoisotopic (exact) mass is 225 g/mol. The molecule has 6 nitrogen and oxygen atoms in total. The molecule has 90 valence electrons. The second kappa shape index (κ2) is 6.12. The molecule has 1 heterocycles. The molecule has 0 aromatic carbocycles. The van der Waals surface area contributed by atoms with Gasteiger partial charge in [0.2, 0.25) is 0 Å². The van der Waals surface area contributed by atoms with E-state index in [1.54, 1.807) is 4.68 Å². The number of amidine groups is 1. The van der Waals surface area contributed by atoms with E-state index in [1.807, 2.05) is 19.4 Å². The fourth-order valence-corrected chi connectivity index (χ4v) is 1.60. The summed E-state index contributed by atoms with van der Waals surface area (Å²) < 4.78 is 1.77. The summed E-state index contributed by atoms with van der Waals surface area (Å²) in [6.45, 7) is 4.24. The fraction of sp³-hybridized carbons (Fsp3) is 0.600. The van der Waals surface area contributed by atoms with E-state index < -0.39 is 0 Å². The number of oxime groups is 1. The largest absolute Gasteiger partial charge is 0.409 e. The third-order valence-electron chi connectivity index (χ3n) is 2.22. The predicted octanol–water partition coefficient (Wildman–Crippen LogP) is 0.379. The first kappa shape index (κ1) is 12.5. The Morgan fingerprint density at radius 1 is 1.69 bits per heavy atom. The van der Waals surface area contributed by atoms with Crippen LogP contribution < -0.4 is 5.73 Å². The van der Waals surface area contributed by atoms with Crippen molar-refractivity contribution in [2.75, 3.05) is 13.1 Å². The van der Waals surface area contributed by atoms with E-state index in [0.717, 1.165) is 25.1 Å². The lowest BCUT2D eigenvalue weighted by molar-refractivity contribution is 0.286. The van der Waals surface area contributed by atoms with E-state index in [9.17, 15) is 0 Å². The van der Waals surface area contributed by atoms with E-state index in [-0.39, 0.29) is 5.84 Å². The second-order valence-corrected chi connectivity index (χ2v) is 3.82. The number of aryl methyl sites for hydroxylation is 1. The van der Waals surface area contributed by atoms with Crippen LogP contribution in [0.25, 0.3) is 0 Å². The molecule has 1 rings (SSSR count). The van der Waals surface area contributed by atoms with Crippen LogP contribution in [0.2, 0.25) is 0 Å². The molecule has 0 saturated heterocycles. The minimum absolute atomic E-state index is 0.234. The number of aromatic nitrogens is 2. The number of rotatable bonds is 6. The maximum Gasteiger partial charge on any atom is 0.153 e. The topological polar surface area (TPSA) is 79.7 Å². The molecule has 0 bridgehead atoms.